The molecule has 0 radical (unpaired) electrons. The van der Waals surface area contributed by atoms with Crippen LogP contribution in [0.1, 0.15) is 5.89 Å². The zero-order valence-electron chi connectivity index (χ0n) is 8.11. The van der Waals surface area contributed by atoms with Gasteiger partial charge in [-0.05, 0) is 12.1 Å². The molecule has 0 aliphatic carbocycles. The normalized spacial score (nSPS) is 10.5. The molecule has 0 atom stereocenters. The quantitative estimate of drug-likeness (QED) is 0.929. The summed E-state index contributed by atoms with van der Waals surface area (Å²) >= 11 is 3.41. The van der Waals surface area contributed by atoms with Crippen LogP contribution in [-0.2, 0) is 6.42 Å². The highest BCUT2D eigenvalue weighted by atomic mass is 79.9. The highest BCUT2D eigenvalue weighted by molar-refractivity contribution is 9.10. The van der Waals surface area contributed by atoms with Gasteiger partial charge in [0.2, 0.25) is 0 Å². The van der Waals surface area contributed by atoms with Gasteiger partial charge < -0.3 is 10.2 Å². The van der Waals surface area contributed by atoms with Crippen LogP contribution in [0.3, 0.4) is 0 Å². The van der Waals surface area contributed by atoms with Gasteiger partial charge in [-0.25, -0.2) is 4.98 Å². The van der Waals surface area contributed by atoms with Gasteiger partial charge in [0.15, 0.2) is 11.7 Å². The Morgan fingerprint density at radius 1 is 1.40 bits per heavy atom. The second-order valence-corrected chi connectivity index (χ2v) is 4.08. The molecule has 3 nitrogen and oxygen atoms in total. The highest BCUT2D eigenvalue weighted by Gasteiger charge is 2.05. The maximum atomic E-state index is 5.55. The van der Waals surface area contributed by atoms with Gasteiger partial charge in [-0.2, -0.15) is 0 Å². The van der Waals surface area contributed by atoms with Crippen LogP contribution in [0.5, 0.6) is 0 Å². The average Bonchev–Trinajstić information content (AvgIpc) is 2.67. The minimum atomic E-state index is 0.554. The fraction of sp³-hybridized carbons (Fsp3) is 0.182. The smallest absolute Gasteiger partial charge is 0.196 e. The zero-order chi connectivity index (χ0) is 10.7. The Morgan fingerprint density at radius 2 is 2.27 bits per heavy atom. The molecule has 0 saturated carbocycles. The van der Waals surface area contributed by atoms with Crippen molar-refractivity contribution in [3.63, 3.8) is 0 Å². The molecule has 4 heteroatoms. The van der Waals surface area contributed by atoms with Crippen molar-refractivity contribution < 1.29 is 4.42 Å². The maximum absolute atomic E-state index is 5.55. The fourth-order valence-electron chi connectivity index (χ4n) is 1.32. The van der Waals surface area contributed by atoms with E-state index in [1.807, 2.05) is 24.3 Å². The number of aromatic nitrogens is 1. The largest absolute Gasteiger partial charge is 0.441 e. The molecular weight excluding hydrogens is 256 g/mol. The van der Waals surface area contributed by atoms with E-state index in [1.165, 1.54) is 0 Å². The predicted molar refractivity (Wildman–Crippen MR) is 62.4 cm³/mol. The van der Waals surface area contributed by atoms with Gasteiger partial charge in [0, 0.05) is 23.0 Å². The van der Waals surface area contributed by atoms with Gasteiger partial charge in [0.05, 0.1) is 6.20 Å². The lowest BCUT2D eigenvalue weighted by Crippen LogP contribution is -2.02. The summed E-state index contributed by atoms with van der Waals surface area (Å²) in [6, 6.07) is 7.91. The van der Waals surface area contributed by atoms with E-state index in [-0.39, 0.29) is 0 Å². The van der Waals surface area contributed by atoms with Crippen molar-refractivity contribution in [1.82, 2.24) is 4.98 Å². The first kappa shape index (κ1) is 10.4. The van der Waals surface area contributed by atoms with Crippen LogP contribution in [-0.4, -0.2) is 11.5 Å². The number of rotatable bonds is 3. The molecule has 0 bridgehead atoms. The summed E-state index contributed by atoms with van der Waals surface area (Å²) in [7, 11) is 0. The van der Waals surface area contributed by atoms with E-state index in [1.54, 1.807) is 6.20 Å². The summed E-state index contributed by atoms with van der Waals surface area (Å²) in [4.78, 5) is 4.15. The lowest BCUT2D eigenvalue weighted by atomic mass is 10.2. The second kappa shape index (κ2) is 4.59. The van der Waals surface area contributed by atoms with Crippen LogP contribution in [0.25, 0.3) is 11.3 Å². The molecule has 2 aromatic rings. The molecule has 2 N–H and O–H groups in total. The van der Waals surface area contributed by atoms with Gasteiger partial charge in [-0.1, -0.05) is 28.1 Å². The summed E-state index contributed by atoms with van der Waals surface area (Å²) in [5.41, 5.74) is 6.44. The third-order valence-electron chi connectivity index (χ3n) is 2.02. The zero-order valence-corrected chi connectivity index (χ0v) is 9.70. The molecule has 2 rings (SSSR count). The molecule has 0 amide bonds. The van der Waals surface area contributed by atoms with Crippen LogP contribution >= 0.6 is 15.9 Å². The van der Waals surface area contributed by atoms with Gasteiger partial charge in [-0.3, -0.25) is 0 Å². The number of hydrogen-bond acceptors (Lipinski definition) is 3. The van der Waals surface area contributed by atoms with Gasteiger partial charge >= 0.3 is 0 Å². The van der Waals surface area contributed by atoms with Crippen molar-refractivity contribution in [3.8, 4) is 11.3 Å². The highest BCUT2D eigenvalue weighted by Crippen LogP contribution is 2.23. The Labute approximate surface area is 96.4 Å². The van der Waals surface area contributed by atoms with Gasteiger partial charge in [-0.15, -0.1) is 0 Å². The molecule has 0 spiro atoms. The molecule has 0 fully saturated rings. The van der Waals surface area contributed by atoms with E-state index in [4.69, 9.17) is 10.2 Å². The second-order valence-electron chi connectivity index (χ2n) is 3.17. The van der Waals surface area contributed by atoms with Crippen LogP contribution in [0.2, 0.25) is 0 Å². The summed E-state index contributed by atoms with van der Waals surface area (Å²) in [6.45, 7) is 0.554. The number of nitrogens with two attached hydrogens (primary N) is 1. The van der Waals surface area contributed by atoms with Crippen LogP contribution < -0.4 is 5.73 Å². The monoisotopic (exact) mass is 266 g/mol. The Hall–Kier alpha value is -1.13. The van der Waals surface area contributed by atoms with E-state index in [0.717, 1.165) is 15.8 Å². The fourth-order valence-corrected chi connectivity index (χ4v) is 1.72. The number of oxazole rings is 1. The lowest BCUT2D eigenvalue weighted by molar-refractivity contribution is 0.508. The van der Waals surface area contributed by atoms with E-state index >= 15 is 0 Å². The van der Waals surface area contributed by atoms with Gasteiger partial charge in [0.25, 0.3) is 0 Å². The Bertz CT molecular complexity index is 453. The number of halogens is 1. The Kier molecular flexibility index (Phi) is 3.18. The molecule has 0 aliphatic rings. The lowest BCUT2D eigenvalue weighted by Gasteiger charge is -1.96. The Morgan fingerprint density at radius 3 is 3.00 bits per heavy atom. The Balaban J connectivity index is 2.29. The molecule has 1 heterocycles. The maximum Gasteiger partial charge on any atom is 0.196 e. The number of benzene rings is 1. The van der Waals surface area contributed by atoms with Crippen molar-refractivity contribution in [2.24, 2.45) is 5.73 Å². The van der Waals surface area contributed by atoms with Crippen molar-refractivity contribution in [2.75, 3.05) is 6.54 Å². The molecule has 0 unspecified atom stereocenters. The van der Waals surface area contributed by atoms with Crippen LogP contribution in [0.4, 0.5) is 0 Å². The summed E-state index contributed by atoms with van der Waals surface area (Å²) < 4.78 is 6.58. The van der Waals surface area contributed by atoms with Crippen molar-refractivity contribution >= 4 is 15.9 Å². The van der Waals surface area contributed by atoms with E-state index in [2.05, 4.69) is 20.9 Å². The van der Waals surface area contributed by atoms with Gasteiger partial charge in [0.1, 0.15) is 0 Å². The number of hydrogen-bond donors (Lipinski definition) is 1. The molecule has 0 saturated heterocycles. The van der Waals surface area contributed by atoms with E-state index in [9.17, 15) is 0 Å². The predicted octanol–water partition coefficient (Wildman–Crippen LogP) is 2.61. The molecular formula is C11H11BrN2O. The first-order chi connectivity index (χ1) is 7.29. The molecule has 1 aromatic carbocycles. The number of nitrogens with zero attached hydrogens (tertiary/aromatic N) is 1. The minimum absolute atomic E-state index is 0.554. The molecule has 0 aliphatic heterocycles. The standard InChI is InChI=1S/C11H11BrN2O/c12-9-3-1-2-8(6-9)10-7-14-11(15-10)4-5-13/h1-3,6-7H,4-5,13H2. The minimum Gasteiger partial charge on any atom is -0.441 e. The van der Waals surface area contributed by atoms with Crippen LogP contribution in [0, 0.1) is 0 Å². The third kappa shape index (κ3) is 2.46. The summed E-state index contributed by atoms with van der Waals surface area (Å²) in [6.07, 6.45) is 2.40. The average molecular weight is 267 g/mol. The first-order valence-corrected chi connectivity index (χ1v) is 5.49. The van der Waals surface area contributed by atoms with Crippen molar-refractivity contribution in [1.29, 1.82) is 0 Å². The molecule has 78 valence electrons. The van der Waals surface area contributed by atoms with E-state index < -0.39 is 0 Å². The first-order valence-electron chi connectivity index (χ1n) is 4.70. The summed E-state index contributed by atoms with van der Waals surface area (Å²) in [5, 5.41) is 0. The summed E-state index contributed by atoms with van der Waals surface area (Å²) in [5.74, 6) is 1.47. The van der Waals surface area contributed by atoms with Crippen molar-refractivity contribution in [3.05, 3.63) is 40.8 Å². The molecule has 15 heavy (non-hydrogen) atoms. The van der Waals surface area contributed by atoms with Crippen molar-refractivity contribution in [2.45, 2.75) is 6.42 Å². The van der Waals surface area contributed by atoms with E-state index in [0.29, 0.717) is 18.9 Å². The topological polar surface area (TPSA) is 52.0 Å². The third-order valence-corrected chi connectivity index (χ3v) is 2.51. The van der Waals surface area contributed by atoms with Crippen LogP contribution in [0.15, 0.2) is 39.4 Å². The molecule has 1 aromatic heterocycles. The SMILES string of the molecule is NCCc1ncc(-c2cccc(Br)c2)o1.